The van der Waals surface area contributed by atoms with Crippen LogP contribution in [0, 0.1) is 6.92 Å². The Balaban J connectivity index is 1.38. The van der Waals surface area contributed by atoms with Gasteiger partial charge in [-0.1, -0.05) is 42.8 Å². The maximum atomic E-state index is 12.8. The fraction of sp³-hybridized carbons (Fsp3) is 0.357. The van der Waals surface area contributed by atoms with E-state index in [1.54, 1.807) is 0 Å². The first kappa shape index (κ1) is 21.7. The fourth-order valence-corrected chi connectivity index (χ4v) is 4.93. The van der Waals surface area contributed by atoms with E-state index in [1.807, 2.05) is 17.0 Å². The predicted molar refractivity (Wildman–Crippen MR) is 135 cm³/mol. The van der Waals surface area contributed by atoms with Crippen LogP contribution in [-0.4, -0.2) is 58.4 Å². The van der Waals surface area contributed by atoms with Crippen LogP contribution in [0.2, 0.25) is 0 Å². The molecule has 0 aliphatic carbocycles. The van der Waals surface area contributed by atoms with E-state index in [-0.39, 0.29) is 5.91 Å². The molecule has 5 heteroatoms. The van der Waals surface area contributed by atoms with Gasteiger partial charge in [0.1, 0.15) is 0 Å². The first-order valence-electron chi connectivity index (χ1n) is 12.1. The molecule has 4 aromatic rings. The third kappa shape index (κ3) is 4.51. The molecule has 170 valence electrons. The number of hydrogen-bond donors (Lipinski definition) is 1. The highest BCUT2D eigenvalue weighted by molar-refractivity contribution is 5.92. The van der Waals surface area contributed by atoms with E-state index >= 15 is 0 Å². The number of benzene rings is 2. The molecule has 1 aliphatic rings. The summed E-state index contributed by atoms with van der Waals surface area (Å²) < 4.78 is 0. The van der Waals surface area contributed by atoms with Crippen molar-refractivity contribution < 1.29 is 4.79 Å². The van der Waals surface area contributed by atoms with Gasteiger partial charge in [0, 0.05) is 48.9 Å². The van der Waals surface area contributed by atoms with Crippen molar-refractivity contribution in [2.75, 3.05) is 32.7 Å². The highest BCUT2D eigenvalue weighted by atomic mass is 16.2. The zero-order valence-electron chi connectivity index (χ0n) is 19.6. The number of aryl methyl sites for hydroxylation is 2. The minimum Gasteiger partial charge on any atom is -0.353 e. The Morgan fingerprint density at radius 3 is 2.67 bits per heavy atom. The van der Waals surface area contributed by atoms with E-state index in [9.17, 15) is 4.79 Å². The second kappa shape index (κ2) is 9.36. The zero-order chi connectivity index (χ0) is 22.8. The van der Waals surface area contributed by atoms with Crippen LogP contribution in [0.5, 0.6) is 0 Å². The summed E-state index contributed by atoms with van der Waals surface area (Å²) in [4.78, 5) is 25.8. The van der Waals surface area contributed by atoms with Crippen molar-refractivity contribution in [3.8, 4) is 11.4 Å². The van der Waals surface area contributed by atoms with Gasteiger partial charge >= 0.3 is 0 Å². The lowest BCUT2D eigenvalue weighted by Crippen LogP contribution is -2.48. The molecular weight excluding hydrogens is 408 g/mol. The quantitative estimate of drug-likeness (QED) is 0.450. The maximum absolute atomic E-state index is 12.8. The average molecular weight is 441 g/mol. The van der Waals surface area contributed by atoms with Gasteiger partial charge in [-0.25, -0.2) is 4.98 Å². The molecule has 1 amide bonds. The summed E-state index contributed by atoms with van der Waals surface area (Å²) in [7, 11) is 0. The first-order chi connectivity index (χ1) is 16.1. The molecule has 5 nitrogen and oxygen atoms in total. The van der Waals surface area contributed by atoms with Gasteiger partial charge in [0.25, 0.3) is 0 Å². The molecule has 0 unspecified atom stereocenters. The zero-order valence-corrected chi connectivity index (χ0v) is 19.6. The van der Waals surface area contributed by atoms with E-state index in [0.717, 1.165) is 73.4 Å². The lowest BCUT2D eigenvalue weighted by molar-refractivity contribution is -0.133. The third-order valence-electron chi connectivity index (χ3n) is 6.91. The molecule has 3 heterocycles. The van der Waals surface area contributed by atoms with Gasteiger partial charge < -0.3 is 14.8 Å². The van der Waals surface area contributed by atoms with Crippen LogP contribution in [0.25, 0.3) is 33.2 Å². The SMILES string of the molecule is CCN1CCN(C(=O)CCCc2c(-c3ccc4ccccc4n3)[nH]c3ccc(C)cc23)CC1. The Bertz CT molecular complexity index is 1280. The Hall–Kier alpha value is -3.18. The summed E-state index contributed by atoms with van der Waals surface area (Å²) in [6, 6.07) is 19.0. The monoisotopic (exact) mass is 440 g/mol. The second-order valence-corrected chi connectivity index (χ2v) is 9.09. The number of likely N-dealkylation sites (N-methyl/N-ethyl adjacent to an activating group) is 1. The normalized spacial score (nSPS) is 14.9. The Morgan fingerprint density at radius 1 is 1.03 bits per heavy atom. The van der Waals surface area contributed by atoms with Crippen LogP contribution < -0.4 is 0 Å². The first-order valence-corrected chi connectivity index (χ1v) is 12.1. The van der Waals surface area contributed by atoms with E-state index in [4.69, 9.17) is 4.98 Å². The highest BCUT2D eigenvalue weighted by Crippen LogP contribution is 2.32. The number of rotatable bonds is 6. The molecule has 5 rings (SSSR count). The number of amides is 1. The smallest absolute Gasteiger partial charge is 0.222 e. The number of carbonyl (C=O) groups excluding carboxylic acids is 1. The fourth-order valence-electron chi connectivity index (χ4n) is 4.93. The predicted octanol–water partition coefficient (Wildman–Crippen LogP) is 5.18. The molecule has 0 atom stereocenters. The van der Waals surface area contributed by atoms with Gasteiger partial charge in [-0.2, -0.15) is 0 Å². The molecule has 0 saturated carbocycles. The second-order valence-electron chi connectivity index (χ2n) is 9.09. The lowest BCUT2D eigenvalue weighted by Gasteiger charge is -2.34. The molecule has 1 aliphatic heterocycles. The highest BCUT2D eigenvalue weighted by Gasteiger charge is 2.20. The van der Waals surface area contributed by atoms with Gasteiger partial charge in [0.05, 0.1) is 16.9 Å². The molecule has 1 N–H and O–H groups in total. The number of pyridine rings is 1. The van der Waals surface area contributed by atoms with Crippen molar-refractivity contribution in [2.24, 2.45) is 0 Å². The number of H-pyrrole nitrogens is 1. The summed E-state index contributed by atoms with van der Waals surface area (Å²) in [5, 5.41) is 2.38. The molecule has 0 bridgehead atoms. The summed E-state index contributed by atoms with van der Waals surface area (Å²) in [6.07, 6.45) is 2.29. The molecule has 1 saturated heterocycles. The summed E-state index contributed by atoms with van der Waals surface area (Å²) in [6.45, 7) is 9.06. The molecule has 33 heavy (non-hydrogen) atoms. The van der Waals surface area contributed by atoms with Crippen molar-refractivity contribution in [1.29, 1.82) is 0 Å². The number of aromatic amines is 1. The largest absolute Gasteiger partial charge is 0.353 e. The number of para-hydroxylation sites is 1. The summed E-state index contributed by atoms with van der Waals surface area (Å²) in [5.41, 5.74) is 6.66. The number of nitrogens with zero attached hydrogens (tertiary/aromatic N) is 3. The molecular formula is C28H32N4O. The van der Waals surface area contributed by atoms with Crippen molar-refractivity contribution in [1.82, 2.24) is 19.8 Å². The third-order valence-corrected chi connectivity index (χ3v) is 6.91. The molecule has 0 spiro atoms. The Kier molecular flexibility index (Phi) is 6.14. The minimum atomic E-state index is 0.284. The van der Waals surface area contributed by atoms with Gasteiger partial charge in [-0.3, -0.25) is 4.79 Å². The van der Waals surface area contributed by atoms with Gasteiger partial charge in [0.15, 0.2) is 0 Å². The maximum Gasteiger partial charge on any atom is 0.222 e. The van der Waals surface area contributed by atoms with Crippen LogP contribution in [0.4, 0.5) is 0 Å². The van der Waals surface area contributed by atoms with E-state index in [1.165, 1.54) is 16.5 Å². The molecule has 0 radical (unpaired) electrons. The number of hydrogen-bond acceptors (Lipinski definition) is 3. The summed E-state index contributed by atoms with van der Waals surface area (Å²) >= 11 is 0. The van der Waals surface area contributed by atoms with Crippen molar-refractivity contribution in [3.63, 3.8) is 0 Å². The van der Waals surface area contributed by atoms with Gasteiger partial charge in [-0.15, -0.1) is 0 Å². The number of fused-ring (bicyclic) bond motifs is 2. The van der Waals surface area contributed by atoms with Crippen molar-refractivity contribution in [3.05, 3.63) is 65.7 Å². The lowest BCUT2D eigenvalue weighted by atomic mass is 10.0. The van der Waals surface area contributed by atoms with Crippen molar-refractivity contribution in [2.45, 2.75) is 33.1 Å². The standard InChI is InChI=1S/C28H32N4O/c1-3-31-15-17-32(18-16-31)27(33)10-6-8-22-23-19-20(2)11-13-25(23)30-28(22)26-14-12-21-7-4-5-9-24(21)29-26/h4-5,7,9,11-14,19,30H,3,6,8,10,15-18H2,1-2H3. The number of carbonyl (C=O) groups is 1. The van der Waals surface area contributed by atoms with E-state index in [0.29, 0.717) is 6.42 Å². The van der Waals surface area contributed by atoms with E-state index in [2.05, 4.69) is 66.2 Å². The number of piperazine rings is 1. The number of nitrogens with one attached hydrogen (secondary N) is 1. The Morgan fingerprint density at radius 2 is 1.85 bits per heavy atom. The Labute approximate surface area is 195 Å². The van der Waals surface area contributed by atoms with Gasteiger partial charge in [0.2, 0.25) is 5.91 Å². The molecule has 2 aromatic heterocycles. The number of aromatic nitrogens is 2. The van der Waals surface area contributed by atoms with Gasteiger partial charge in [-0.05, 0) is 56.1 Å². The summed E-state index contributed by atoms with van der Waals surface area (Å²) in [5.74, 6) is 0.284. The molecule has 2 aromatic carbocycles. The minimum absolute atomic E-state index is 0.284. The van der Waals surface area contributed by atoms with Crippen LogP contribution in [0.15, 0.2) is 54.6 Å². The molecule has 1 fully saturated rings. The van der Waals surface area contributed by atoms with Crippen molar-refractivity contribution >= 4 is 27.7 Å². The topological polar surface area (TPSA) is 52.2 Å². The van der Waals surface area contributed by atoms with Crippen LogP contribution >= 0.6 is 0 Å². The van der Waals surface area contributed by atoms with Crippen LogP contribution in [0.3, 0.4) is 0 Å². The van der Waals surface area contributed by atoms with E-state index < -0.39 is 0 Å². The average Bonchev–Trinajstić information content (AvgIpc) is 3.21. The van der Waals surface area contributed by atoms with Crippen LogP contribution in [0.1, 0.15) is 30.9 Å². The van der Waals surface area contributed by atoms with Crippen LogP contribution in [-0.2, 0) is 11.2 Å².